The molecule has 5 rings (SSSR count). The zero-order valence-electron chi connectivity index (χ0n) is 20.0. The predicted molar refractivity (Wildman–Crippen MR) is 137 cm³/mol. The van der Waals surface area contributed by atoms with Gasteiger partial charge in [-0.1, -0.05) is 24.3 Å². The predicted octanol–water partition coefficient (Wildman–Crippen LogP) is 4.04. The lowest BCUT2D eigenvalue weighted by atomic mass is 9.97. The van der Waals surface area contributed by atoms with Gasteiger partial charge in [-0.2, -0.15) is 0 Å². The molecule has 0 unspecified atom stereocenters. The fourth-order valence-electron chi connectivity index (χ4n) is 4.35. The summed E-state index contributed by atoms with van der Waals surface area (Å²) >= 11 is 0. The van der Waals surface area contributed by atoms with E-state index in [1.165, 1.54) is 19.2 Å². The van der Waals surface area contributed by atoms with Gasteiger partial charge in [0, 0.05) is 45.3 Å². The average molecular weight is 484 g/mol. The van der Waals surface area contributed by atoms with E-state index in [0.29, 0.717) is 31.6 Å². The van der Waals surface area contributed by atoms with Gasteiger partial charge >= 0.3 is 0 Å². The van der Waals surface area contributed by atoms with Gasteiger partial charge in [-0.05, 0) is 52.9 Å². The summed E-state index contributed by atoms with van der Waals surface area (Å²) in [4.78, 5) is 30.4. The number of methoxy groups -OCH3 is 1. The van der Waals surface area contributed by atoms with Crippen LogP contribution in [-0.2, 0) is 22.4 Å². The second kappa shape index (κ2) is 10.7. The minimum Gasteiger partial charge on any atom is -0.375 e. The number of aromatic nitrogens is 3. The molecule has 7 nitrogen and oxygen atoms in total. The van der Waals surface area contributed by atoms with Crippen LogP contribution in [0.4, 0.5) is 4.39 Å². The standard InChI is InChI=1S/C28H26FN5O2/c1-36-17-27(35)31-12-3-6-26-30-13-11-24(33-26)28-22(20-14-19-4-2-5-23(19)32-16-20)15-25(34-28)18-7-9-21(29)10-8-18/h2,4,7-11,13-14,16H,3,5-6,12,15,17H2,1H3,(H,31,35). The lowest BCUT2D eigenvalue weighted by Gasteiger charge is -2.09. The van der Waals surface area contributed by atoms with Gasteiger partial charge in [-0.25, -0.2) is 19.4 Å². The molecule has 0 fully saturated rings. The molecule has 1 aliphatic carbocycles. The quantitative estimate of drug-likeness (QED) is 0.464. The number of carbonyl (C=O) groups excluding carboxylic acids is 1. The number of aliphatic imine (C=N–C) groups is 1. The van der Waals surface area contributed by atoms with Crippen LogP contribution in [0.3, 0.4) is 0 Å². The average Bonchev–Trinajstić information content (AvgIpc) is 3.54. The Balaban J connectivity index is 1.43. The van der Waals surface area contributed by atoms with Gasteiger partial charge in [0.1, 0.15) is 18.2 Å². The van der Waals surface area contributed by atoms with Crippen molar-refractivity contribution < 1.29 is 13.9 Å². The van der Waals surface area contributed by atoms with Crippen molar-refractivity contribution in [3.05, 3.63) is 94.6 Å². The zero-order valence-corrected chi connectivity index (χ0v) is 20.0. The summed E-state index contributed by atoms with van der Waals surface area (Å²) in [6.45, 7) is 0.565. The molecule has 1 amide bonds. The number of nitrogens with zero attached hydrogens (tertiary/aromatic N) is 4. The molecule has 0 saturated heterocycles. The van der Waals surface area contributed by atoms with Crippen LogP contribution in [0.5, 0.6) is 0 Å². The van der Waals surface area contributed by atoms with Gasteiger partial charge < -0.3 is 10.1 Å². The third-order valence-corrected chi connectivity index (χ3v) is 6.14. The van der Waals surface area contributed by atoms with E-state index in [4.69, 9.17) is 14.7 Å². The van der Waals surface area contributed by atoms with E-state index in [2.05, 4.69) is 33.5 Å². The summed E-state index contributed by atoms with van der Waals surface area (Å²) in [6, 6.07) is 10.4. The van der Waals surface area contributed by atoms with E-state index >= 15 is 0 Å². The van der Waals surface area contributed by atoms with Gasteiger partial charge in [0.2, 0.25) is 5.91 Å². The number of nitrogens with one attached hydrogen (secondary N) is 1. The van der Waals surface area contributed by atoms with Crippen LogP contribution in [0, 0.1) is 5.82 Å². The number of carbonyl (C=O) groups is 1. The summed E-state index contributed by atoms with van der Waals surface area (Å²) in [5.41, 5.74) is 7.45. The lowest BCUT2D eigenvalue weighted by molar-refractivity contribution is -0.124. The second-order valence-electron chi connectivity index (χ2n) is 8.68. The molecule has 1 aliphatic heterocycles. The SMILES string of the molecule is COCC(=O)NCCCc1nccc(C2=C(c3cnc4c(c3)C=CC4)CC(c3ccc(F)cc3)=N2)n1. The normalized spacial score (nSPS) is 14.2. The molecule has 36 heavy (non-hydrogen) atoms. The Labute approximate surface area is 208 Å². The van der Waals surface area contributed by atoms with Crippen molar-refractivity contribution in [1.82, 2.24) is 20.3 Å². The summed E-state index contributed by atoms with van der Waals surface area (Å²) in [6.07, 6.45) is 10.6. The maximum Gasteiger partial charge on any atom is 0.245 e. The Morgan fingerprint density at radius 2 is 2.00 bits per heavy atom. The number of amides is 1. The molecule has 3 aromatic rings. The maximum absolute atomic E-state index is 13.5. The van der Waals surface area contributed by atoms with Crippen molar-refractivity contribution in [2.24, 2.45) is 4.99 Å². The number of halogens is 1. The largest absolute Gasteiger partial charge is 0.375 e. The van der Waals surface area contributed by atoms with Crippen LogP contribution < -0.4 is 5.32 Å². The molecule has 8 heteroatoms. The highest BCUT2D eigenvalue weighted by atomic mass is 19.1. The Hall–Kier alpha value is -4.04. The van der Waals surface area contributed by atoms with Crippen LogP contribution in [0.15, 0.2) is 59.9 Å². The molecular formula is C28H26FN5O2. The van der Waals surface area contributed by atoms with E-state index in [0.717, 1.165) is 51.5 Å². The number of fused-ring (bicyclic) bond motifs is 1. The number of hydrogen-bond donors (Lipinski definition) is 1. The van der Waals surface area contributed by atoms with Gasteiger partial charge in [0.25, 0.3) is 0 Å². The first kappa shape index (κ1) is 23.7. The maximum atomic E-state index is 13.5. The molecule has 0 bridgehead atoms. The molecule has 182 valence electrons. The monoisotopic (exact) mass is 483 g/mol. The number of benzene rings is 1. The van der Waals surface area contributed by atoms with Crippen LogP contribution in [0.25, 0.3) is 17.3 Å². The highest BCUT2D eigenvalue weighted by Crippen LogP contribution is 2.37. The fraction of sp³-hybridized carbons (Fsp3) is 0.250. The topological polar surface area (TPSA) is 89.4 Å². The van der Waals surface area contributed by atoms with Crippen molar-refractivity contribution >= 4 is 29.0 Å². The van der Waals surface area contributed by atoms with Gasteiger partial charge in [-0.15, -0.1) is 0 Å². The highest BCUT2D eigenvalue weighted by molar-refractivity contribution is 6.16. The summed E-state index contributed by atoms with van der Waals surface area (Å²) in [5.74, 6) is 0.258. The molecule has 0 radical (unpaired) electrons. The molecule has 1 aromatic carbocycles. The fourth-order valence-corrected chi connectivity index (χ4v) is 4.35. The highest BCUT2D eigenvalue weighted by Gasteiger charge is 2.24. The van der Waals surface area contributed by atoms with Gasteiger partial charge in [-0.3, -0.25) is 9.78 Å². The molecule has 3 heterocycles. The Morgan fingerprint density at radius 3 is 2.83 bits per heavy atom. The molecule has 0 saturated carbocycles. The number of rotatable bonds is 9. The van der Waals surface area contributed by atoms with Crippen LogP contribution in [0.2, 0.25) is 0 Å². The Morgan fingerprint density at radius 1 is 1.14 bits per heavy atom. The third-order valence-electron chi connectivity index (χ3n) is 6.14. The van der Waals surface area contributed by atoms with Crippen LogP contribution in [-0.4, -0.2) is 46.8 Å². The summed E-state index contributed by atoms with van der Waals surface area (Å²) in [5, 5.41) is 2.81. The lowest BCUT2D eigenvalue weighted by Crippen LogP contribution is -2.28. The van der Waals surface area contributed by atoms with E-state index in [-0.39, 0.29) is 18.3 Å². The first-order valence-corrected chi connectivity index (χ1v) is 11.9. The summed E-state index contributed by atoms with van der Waals surface area (Å²) in [7, 11) is 1.49. The second-order valence-corrected chi connectivity index (χ2v) is 8.68. The smallest absolute Gasteiger partial charge is 0.245 e. The molecule has 0 spiro atoms. The van der Waals surface area contributed by atoms with Crippen LogP contribution in [0.1, 0.15) is 46.7 Å². The van der Waals surface area contributed by atoms with Crippen molar-refractivity contribution in [3.63, 3.8) is 0 Å². The number of aryl methyl sites for hydroxylation is 1. The minimum absolute atomic E-state index is 0.0463. The van der Waals surface area contributed by atoms with Crippen molar-refractivity contribution in [1.29, 1.82) is 0 Å². The van der Waals surface area contributed by atoms with E-state index in [1.54, 1.807) is 18.3 Å². The van der Waals surface area contributed by atoms with Crippen molar-refractivity contribution in [2.45, 2.75) is 25.7 Å². The van der Waals surface area contributed by atoms with Crippen molar-refractivity contribution in [2.75, 3.05) is 20.3 Å². The van der Waals surface area contributed by atoms with Gasteiger partial charge in [0.05, 0.1) is 22.8 Å². The number of ether oxygens (including phenoxy) is 1. The van der Waals surface area contributed by atoms with Gasteiger partial charge in [0.15, 0.2) is 0 Å². The molecule has 2 aliphatic rings. The third kappa shape index (κ3) is 5.28. The van der Waals surface area contributed by atoms with E-state index < -0.39 is 0 Å². The minimum atomic E-state index is -0.279. The Kier molecular flexibility index (Phi) is 7.04. The van der Waals surface area contributed by atoms with Crippen LogP contribution >= 0.6 is 0 Å². The first-order valence-electron chi connectivity index (χ1n) is 11.9. The molecule has 2 aromatic heterocycles. The first-order chi connectivity index (χ1) is 17.6. The van der Waals surface area contributed by atoms with E-state index in [9.17, 15) is 9.18 Å². The number of allylic oxidation sites excluding steroid dienone is 2. The summed E-state index contributed by atoms with van der Waals surface area (Å²) < 4.78 is 18.4. The molecular weight excluding hydrogens is 457 g/mol. The number of hydrogen-bond acceptors (Lipinski definition) is 6. The molecule has 1 N–H and O–H groups in total. The van der Waals surface area contributed by atoms with E-state index in [1.807, 2.05) is 12.3 Å². The van der Waals surface area contributed by atoms with Crippen molar-refractivity contribution in [3.8, 4) is 0 Å². The zero-order chi connectivity index (χ0) is 24.9. The Bertz CT molecular complexity index is 1380. The number of pyridine rings is 1. The molecule has 0 atom stereocenters.